The number of benzene rings is 3. The molecule has 0 saturated heterocycles. The molecule has 1 aliphatic heterocycles. The Morgan fingerprint density at radius 3 is 2.16 bits per heavy atom. The van der Waals surface area contributed by atoms with Gasteiger partial charge in [0.25, 0.3) is 0 Å². The van der Waals surface area contributed by atoms with Gasteiger partial charge in [0.1, 0.15) is 34.6 Å². The summed E-state index contributed by atoms with van der Waals surface area (Å²) in [5, 5.41) is 1.79. The van der Waals surface area contributed by atoms with E-state index in [1.807, 2.05) is 42.5 Å². The summed E-state index contributed by atoms with van der Waals surface area (Å²) >= 11 is 0. The van der Waals surface area contributed by atoms with Crippen LogP contribution in [0.15, 0.2) is 63.9 Å². The lowest BCUT2D eigenvalue weighted by Crippen LogP contribution is -2.29. The van der Waals surface area contributed by atoms with Crippen LogP contribution in [0.4, 0.5) is 5.69 Å². The Morgan fingerprint density at radius 2 is 1.57 bits per heavy atom. The lowest BCUT2D eigenvalue weighted by molar-refractivity contribution is 0.463. The second kappa shape index (κ2) is 16.2. The predicted octanol–water partition coefficient (Wildman–Crippen LogP) is 7.24. The molecular formula is C36H51N3O4S. The van der Waals surface area contributed by atoms with Gasteiger partial charge in [-0.25, -0.2) is 13.0 Å². The van der Waals surface area contributed by atoms with Crippen molar-refractivity contribution in [3.05, 3.63) is 65.5 Å². The van der Waals surface area contributed by atoms with Crippen molar-refractivity contribution in [3.63, 3.8) is 0 Å². The molecule has 2 aliphatic rings. The largest absolute Gasteiger partial charge is 0.744 e. The van der Waals surface area contributed by atoms with Gasteiger partial charge >= 0.3 is 0 Å². The third-order valence-corrected chi connectivity index (χ3v) is 8.98. The van der Waals surface area contributed by atoms with E-state index in [9.17, 15) is 13.0 Å². The SMILES string of the molecule is CC(C)CCCCCN.CCN(CC)c1ccc2c(-c3ccc(C)cc3S(=O)(=O)[O-])c3ccc(=[N+](CC)CC)cc-3oc2c1. The number of rotatable bonds is 12. The van der Waals surface area contributed by atoms with E-state index < -0.39 is 10.1 Å². The maximum atomic E-state index is 12.3. The van der Waals surface area contributed by atoms with Crippen molar-refractivity contribution in [2.75, 3.05) is 37.6 Å². The predicted molar refractivity (Wildman–Crippen MR) is 183 cm³/mol. The van der Waals surface area contributed by atoms with Crippen LogP contribution in [0.2, 0.25) is 0 Å². The first-order chi connectivity index (χ1) is 21.0. The van der Waals surface area contributed by atoms with Crippen LogP contribution in [0.25, 0.3) is 33.4 Å². The highest BCUT2D eigenvalue weighted by Gasteiger charge is 2.22. The molecule has 4 rings (SSSR count). The van der Waals surface area contributed by atoms with Crippen LogP contribution in [0.3, 0.4) is 0 Å². The molecule has 0 radical (unpaired) electrons. The fourth-order valence-corrected chi connectivity index (χ4v) is 6.41. The van der Waals surface area contributed by atoms with Gasteiger partial charge in [0.2, 0.25) is 5.36 Å². The van der Waals surface area contributed by atoms with E-state index in [4.69, 9.17) is 10.2 Å². The molecular weight excluding hydrogens is 570 g/mol. The van der Waals surface area contributed by atoms with Crippen LogP contribution in [0.5, 0.6) is 0 Å². The van der Waals surface area contributed by atoms with Crippen LogP contribution >= 0.6 is 0 Å². The zero-order chi connectivity index (χ0) is 32.4. The van der Waals surface area contributed by atoms with Crippen molar-refractivity contribution >= 4 is 26.8 Å². The van der Waals surface area contributed by atoms with Crippen molar-refractivity contribution in [3.8, 4) is 22.5 Å². The normalized spacial score (nSPS) is 11.6. The Labute approximate surface area is 264 Å². The Morgan fingerprint density at radius 1 is 0.886 bits per heavy atom. The molecule has 0 bridgehead atoms. The fourth-order valence-electron chi connectivity index (χ4n) is 5.65. The zero-order valence-electron chi connectivity index (χ0n) is 27.7. The van der Waals surface area contributed by atoms with Crippen molar-refractivity contribution in [2.24, 2.45) is 11.7 Å². The summed E-state index contributed by atoms with van der Waals surface area (Å²) in [5.74, 6) is 1.51. The molecule has 0 amide bonds. The molecule has 0 unspecified atom stereocenters. The highest BCUT2D eigenvalue weighted by molar-refractivity contribution is 7.85. The summed E-state index contributed by atoms with van der Waals surface area (Å²) in [6.45, 7) is 19.0. The Kier molecular flexibility index (Phi) is 13.0. The smallest absolute Gasteiger partial charge is 0.203 e. The minimum absolute atomic E-state index is 0.216. The molecule has 0 atom stereocenters. The molecule has 7 nitrogen and oxygen atoms in total. The van der Waals surface area contributed by atoms with Crippen molar-refractivity contribution in [2.45, 2.75) is 79.0 Å². The number of hydrogen-bond donors (Lipinski definition) is 1. The van der Waals surface area contributed by atoms with Gasteiger partial charge < -0.3 is 19.6 Å². The maximum absolute atomic E-state index is 12.3. The third kappa shape index (κ3) is 8.71. The van der Waals surface area contributed by atoms with Gasteiger partial charge in [-0.2, -0.15) is 0 Å². The van der Waals surface area contributed by atoms with Crippen LogP contribution in [0.1, 0.15) is 72.8 Å². The first-order valence-electron chi connectivity index (χ1n) is 16.1. The summed E-state index contributed by atoms with van der Waals surface area (Å²) in [7, 11) is -4.70. The summed E-state index contributed by atoms with van der Waals surface area (Å²) < 4.78 is 45.6. The fraction of sp³-hybridized carbons (Fsp3) is 0.472. The van der Waals surface area contributed by atoms with Crippen LogP contribution in [-0.2, 0) is 10.1 Å². The monoisotopic (exact) mass is 621 g/mol. The lowest BCUT2D eigenvalue weighted by atomic mass is 9.93. The molecule has 1 heterocycles. The van der Waals surface area contributed by atoms with Crippen molar-refractivity contribution in [1.29, 1.82) is 0 Å². The molecule has 0 fully saturated rings. The molecule has 0 spiro atoms. The molecule has 240 valence electrons. The van der Waals surface area contributed by atoms with Crippen LogP contribution < -0.4 is 20.6 Å². The standard InChI is InChI=1S/C28H32N2O4S.C8H19N/c1-6-29(7-2)20-11-14-22-25(17-20)34-26-18-21(30(8-3)9-4)12-15-23(26)28(22)24-13-10-19(5)16-27(24)35(31,32)33;1-8(2)6-4-3-5-7-9/h10-18H,6-9H2,1-5H3;8H,3-7,9H2,1-2H3. The first-order valence-corrected chi connectivity index (χ1v) is 17.5. The van der Waals surface area contributed by atoms with Crippen molar-refractivity contribution in [1.82, 2.24) is 4.58 Å². The maximum Gasteiger partial charge on any atom is 0.203 e. The van der Waals surface area contributed by atoms with Gasteiger partial charge in [-0.1, -0.05) is 45.2 Å². The number of fused-ring (bicyclic) bond motifs is 2. The number of nitrogens with zero attached hydrogens (tertiary/aromatic N) is 2. The molecule has 2 aromatic rings. The number of aryl methyl sites for hydroxylation is 1. The van der Waals surface area contributed by atoms with Gasteiger partial charge in [-0.3, -0.25) is 0 Å². The van der Waals surface area contributed by atoms with Gasteiger partial charge in [-0.05, 0) is 83.3 Å². The van der Waals surface area contributed by atoms with Gasteiger partial charge in [0, 0.05) is 53.0 Å². The molecule has 44 heavy (non-hydrogen) atoms. The third-order valence-electron chi connectivity index (χ3n) is 8.11. The Hall–Kier alpha value is -3.20. The van der Waals surface area contributed by atoms with Gasteiger partial charge in [-0.15, -0.1) is 0 Å². The summed E-state index contributed by atoms with van der Waals surface area (Å²) in [6.07, 6.45) is 5.23. The van der Waals surface area contributed by atoms with E-state index in [0.717, 1.165) is 60.6 Å². The lowest BCUT2D eigenvalue weighted by Gasteiger charge is -2.23. The molecule has 2 aromatic carbocycles. The molecule has 0 saturated carbocycles. The van der Waals surface area contributed by atoms with E-state index in [0.29, 0.717) is 28.0 Å². The van der Waals surface area contributed by atoms with E-state index in [1.54, 1.807) is 13.0 Å². The number of anilines is 1. The molecule has 0 aromatic heterocycles. The average molecular weight is 622 g/mol. The summed E-state index contributed by atoms with van der Waals surface area (Å²) in [6, 6.07) is 17.0. The molecule has 1 aliphatic carbocycles. The molecule has 8 heteroatoms. The number of nitrogens with two attached hydrogens (primary N) is 1. The zero-order valence-corrected chi connectivity index (χ0v) is 28.5. The van der Waals surface area contributed by atoms with Crippen LogP contribution in [-0.4, -0.2) is 45.7 Å². The highest BCUT2D eigenvalue weighted by Crippen LogP contribution is 2.43. The topological polar surface area (TPSA) is 103 Å². The minimum atomic E-state index is -4.70. The Bertz CT molecular complexity index is 1660. The van der Waals surface area contributed by atoms with Gasteiger partial charge in [0.15, 0.2) is 0 Å². The number of hydrogen-bond acceptors (Lipinski definition) is 6. The van der Waals surface area contributed by atoms with E-state index in [2.05, 4.69) is 51.0 Å². The first kappa shape index (κ1) is 35.3. The Balaban J connectivity index is 0.000000512. The highest BCUT2D eigenvalue weighted by atomic mass is 32.2. The van der Waals surface area contributed by atoms with Gasteiger partial charge in [0.05, 0.1) is 11.0 Å². The quantitative estimate of drug-likeness (QED) is 0.0775. The minimum Gasteiger partial charge on any atom is -0.744 e. The molecule has 2 N–H and O–H groups in total. The van der Waals surface area contributed by atoms with E-state index >= 15 is 0 Å². The average Bonchev–Trinajstić information content (AvgIpc) is 2.99. The second-order valence-corrected chi connectivity index (χ2v) is 13.0. The second-order valence-electron chi connectivity index (χ2n) is 11.7. The van der Waals surface area contributed by atoms with Crippen molar-refractivity contribution < 1.29 is 17.4 Å². The summed E-state index contributed by atoms with van der Waals surface area (Å²) in [4.78, 5) is 2.01. The van der Waals surface area contributed by atoms with E-state index in [-0.39, 0.29) is 4.90 Å². The van der Waals surface area contributed by atoms with Crippen LogP contribution in [0, 0.1) is 12.8 Å². The number of unbranched alkanes of at least 4 members (excludes halogenated alkanes) is 2. The van der Waals surface area contributed by atoms with E-state index in [1.165, 1.54) is 31.7 Å². The summed E-state index contributed by atoms with van der Waals surface area (Å²) in [5.41, 5.74) is 9.57.